The lowest BCUT2D eigenvalue weighted by atomic mass is 10.0. The molecule has 7 nitrogen and oxygen atoms in total. The van der Waals surface area contributed by atoms with E-state index in [-0.39, 0.29) is 5.43 Å². The molecule has 0 unspecified atom stereocenters. The third-order valence-corrected chi connectivity index (χ3v) is 4.29. The summed E-state index contributed by atoms with van der Waals surface area (Å²) in [6, 6.07) is 9.97. The maximum atomic E-state index is 12.9. The molecule has 0 amide bonds. The van der Waals surface area contributed by atoms with Gasteiger partial charge in [0.25, 0.3) is 0 Å². The van der Waals surface area contributed by atoms with Gasteiger partial charge in [0, 0.05) is 6.07 Å². The Morgan fingerprint density at radius 1 is 1.00 bits per heavy atom. The van der Waals surface area contributed by atoms with Crippen molar-refractivity contribution in [2.75, 3.05) is 21.3 Å². The fraction of sp³-hybridized carbons (Fsp3) is 0.238. The molecule has 7 heteroatoms. The maximum Gasteiger partial charge on any atom is 0.346 e. The van der Waals surface area contributed by atoms with Crippen LogP contribution in [0.3, 0.4) is 0 Å². The number of carbonyl (C=O) groups is 1. The minimum absolute atomic E-state index is 0.193. The number of hydrogen-bond donors (Lipinski definition) is 0. The van der Waals surface area contributed by atoms with Crippen LogP contribution in [0, 0.1) is 0 Å². The fourth-order valence-corrected chi connectivity index (χ4v) is 2.80. The summed E-state index contributed by atoms with van der Waals surface area (Å²) < 4.78 is 26.3. The highest BCUT2D eigenvalue weighted by Crippen LogP contribution is 2.32. The van der Waals surface area contributed by atoms with Crippen molar-refractivity contribution in [3.8, 4) is 28.4 Å². The van der Waals surface area contributed by atoms with Crippen molar-refractivity contribution in [1.82, 2.24) is 0 Å². The molecular formula is C21H20O7. The second-order valence-electron chi connectivity index (χ2n) is 5.99. The summed E-state index contributed by atoms with van der Waals surface area (Å²) in [5.41, 5.74) is 1.20. The zero-order valence-electron chi connectivity index (χ0n) is 16.0. The lowest BCUT2D eigenvalue weighted by Crippen LogP contribution is -2.24. The Bertz CT molecular complexity index is 1070. The Hall–Kier alpha value is -3.48. The molecular weight excluding hydrogens is 364 g/mol. The number of carbonyl (C=O) groups excluding carboxylic acids is 1. The minimum atomic E-state index is -0.778. The quantitative estimate of drug-likeness (QED) is 0.602. The van der Waals surface area contributed by atoms with E-state index < -0.39 is 12.1 Å². The number of methoxy groups -OCH3 is 3. The minimum Gasteiger partial charge on any atom is -0.493 e. The van der Waals surface area contributed by atoms with E-state index in [1.165, 1.54) is 20.5 Å². The van der Waals surface area contributed by atoms with Gasteiger partial charge >= 0.3 is 5.97 Å². The Labute approximate surface area is 161 Å². The van der Waals surface area contributed by atoms with E-state index in [0.717, 1.165) is 0 Å². The number of benzene rings is 2. The van der Waals surface area contributed by atoms with E-state index in [2.05, 4.69) is 4.74 Å². The predicted molar refractivity (Wildman–Crippen MR) is 103 cm³/mol. The van der Waals surface area contributed by atoms with Gasteiger partial charge in [-0.25, -0.2) is 4.79 Å². The zero-order valence-corrected chi connectivity index (χ0v) is 16.0. The largest absolute Gasteiger partial charge is 0.493 e. The second kappa shape index (κ2) is 8.04. The number of ether oxygens (including phenoxy) is 4. The molecule has 2 aromatic carbocycles. The summed E-state index contributed by atoms with van der Waals surface area (Å²) in [6.45, 7) is 1.58. The normalized spacial score (nSPS) is 11.7. The van der Waals surface area contributed by atoms with Crippen molar-refractivity contribution in [1.29, 1.82) is 0 Å². The highest BCUT2D eigenvalue weighted by atomic mass is 16.6. The molecule has 0 radical (unpaired) electrons. The van der Waals surface area contributed by atoms with Gasteiger partial charge in [0.15, 0.2) is 23.0 Å². The van der Waals surface area contributed by atoms with E-state index in [1.807, 2.05) is 0 Å². The molecule has 0 spiro atoms. The summed E-state index contributed by atoms with van der Waals surface area (Å²) in [4.78, 5) is 24.4. The lowest BCUT2D eigenvalue weighted by molar-refractivity contribution is -0.147. The number of esters is 1. The highest BCUT2D eigenvalue weighted by Gasteiger charge is 2.16. The first-order valence-electron chi connectivity index (χ1n) is 8.51. The predicted octanol–water partition coefficient (Wildman–Crippen LogP) is 3.42. The standard InChI is InChI=1S/C21H20O7/c1-12(21(23)26-4)28-14-6-7-15-18(10-14)27-11-16(20(15)22)13-5-8-17(24-2)19(9-13)25-3/h5-12H,1-4H3/t12-/m0/s1. The molecule has 0 bridgehead atoms. The van der Waals surface area contributed by atoms with Gasteiger partial charge in [-0.1, -0.05) is 6.07 Å². The first-order valence-corrected chi connectivity index (χ1v) is 8.51. The molecule has 3 aromatic rings. The fourth-order valence-electron chi connectivity index (χ4n) is 2.80. The van der Waals surface area contributed by atoms with Crippen LogP contribution < -0.4 is 19.6 Å². The molecule has 0 aliphatic heterocycles. The van der Waals surface area contributed by atoms with Crippen LogP contribution in [-0.4, -0.2) is 33.4 Å². The van der Waals surface area contributed by atoms with E-state index in [9.17, 15) is 9.59 Å². The van der Waals surface area contributed by atoms with Gasteiger partial charge in [0.1, 0.15) is 17.6 Å². The Morgan fingerprint density at radius 3 is 2.43 bits per heavy atom. The summed E-state index contributed by atoms with van der Waals surface area (Å²) >= 11 is 0. The molecule has 146 valence electrons. The van der Waals surface area contributed by atoms with Gasteiger partial charge in [0.05, 0.1) is 32.3 Å². The molecule has 0 N–H and O–H groups in total. The van der Waals surface area contributed by atoms with E-state index in [0.29, 0.717) is 39.3 Å². The van der Waals surface area contributed by atoms with Crippen LogP contribution in [-0.2, 0) is 9.53 Å². The first kappa shape index (κ1) is 19.3. The van der Waals surface area contributed by atoms with Crippen LogP contribution >= 0.6 is 0 Å². The highest BCUT2D eigenvalue weighted by molar-refractivity contribution is 5.83. The molecule has 0 saturated carbocycles. The number of fused-ring (bicyclic) bond motifs is 1. The summed E-state index contributed by atoms with van der Waals surface area (Å²) in [6.07, 6.45) is 0.611. The molecule has 28 heavy (non-hydrogen) atoms. The SMILES string of the molecule is COC(=O)[C@H](C)Oc1ccc2c(=O)c(-c3ccc(OC)c(OC)c3)coc2c1. The lowest BCUT2D eigenvalue weighted by Gasteiger charge is -2.13. The average molecular weight is 384 g/mol. The number of rotatable bonds is 6. The monoisotopic (exact) mass is 384 g/mol. The molecule has 0 saturated heterocycles. The van der Waals surface area contributed by atoms with Gasteiger partial charge < -0.3 is 23.4 Å². The van der Waals surface area contributed by atoms with Gasteiger partial charge in [-0.3, -0.25) is 4.79 Å². The van der Waals surface area contributed by atoms with Crippen molar-refractivity contribution in [2.45, 2.75) is 13.0 Å². The van der Waals surface area contributed by atoms with Crippen molar-refractivity contribution in [2.24, 2.45) is 0 Å². The van der Waals surface area contributed by atoms with Gasteiger partial charge in [-0.05, 0) is 36.8 Å². The second-order valence-corrected chi connectivity index (χ2v) is 5.99. The Balaban J connectivity index is 1.99. The van der Waals surface area contributed by atoms with Crippen molar-refractivity contribution < 1.29 is 28.2 Å². The van der Waals surface area contributed by atoms with E-state index >= 15 is 0 Å². The van der Waals surface area contributed by atoms with Gasteiger partial charge in [-0.15, -0.1) is 0 Å². The molecule has 0 aliphatic rings. The average Bonchev–Trinajstić information content (AvgIpc) is 2.72. The van der Waals surface area contributed by atoms with Crippen LogP contribution in [0.4, 0.5) is 0 Å². The van der Waals surface area contributed by atoms with Crippen LogP contribution in [0.5, 0.6) is 17.2 Å². The van der Waals surface area contributed by atoms with Crippen LogP contribution in [0.2, 0.25) is 0 Å². The maximum absolute atomic E-state index is 12.9. The van der Waals surface area contributed by atoms with Crippen LogP contribution in [0.25, 0.3) is 22.1 Å². The topological polar surface area (TPSA) is 84.2 Å². The molecule has 0 aliphatic carbocycles. The van der Waals surface area contributed by atoms with Crippen LogP contribution in [0.15, 0.2) is 51.9 Å². The Morgan fingerprint density at radius 2 is 1.75 bits per heavy atom. The van der Waals surface area contributed by atoms with Crippen molar-refractivity contribution in [3.63, 3.8) is 0 Å². The number of hydrogen-bond acceptors (Lipinski definition) is 7. The zero-order chi connectivity index (χ0) is 20.3. The summed E-state index contributed by atoms with van der Waals surface area (Å²) in [5, 5.41) is 0.394. The van der Waals surface area contributed by atoms with E-state index in [4.69, 9.17) is 18.6 Å². The van der Waals surface area contributed by atoms with E-state index in [1.54, 1.807) is 50.4 Å². The smallest absolute Gasteiger partial charge is 0.346 e. The summed E-state index contributed by atoms with van der Waals surface area (Å²) in [5.74, 6) is 0.982. The molecule has 3 rings (SSSR count). The molecule has 1 aromatic heterocycles. The third kappa shape index (κ3) is 3.64. The van der Waals surface area contributed by atoms with Gasteiger partial charge in [-0.2, -0.15) is 0 Å². The molecule has 1 heterocycles. The molecule has 1 atom stereocenters. The van der Waals surface area contributed by atoms with Crippen molar-refractivity contribution in [3.05, 3.63) is 52.9 Å². The summed E-state index contributed by atoms with van der Waals surface area (Å²) in [7, 11) is 4.36. The first-order chi connectivity index (χ1) is 13.5. The van der Waals surface area contributed by atoms with Gasteiger partial charge in [0.2, 0.25) is 0 Å². The van der Waals surface area contributed by atoms with Crippen molar-refractivity contribution >= 4 is 16.9 Å². The van der Waals surface area contributed by atoms with Crippen LogP contribution in [0.1, 0.15) is 6.92 Å². The molecule has 0 fully saturated rings. The Kier molecular flexibility index (Phi) is 5.54. The third-order valence-electron chi connectivity index (χ3n) is 4.29.